The lowest BCUT2D eigenvalue weighted by atomic mass is 10.0. The van der Waals surface area contributed by atoms with Crippen molar-refractivity contribution in [2.75, 3.05) is 13.2 Å². The first-order chi connectivity index (χ1) is 7.15. The van der Waals surface area contributed by atoms with Crippen LogP contribution in [0.2, 0.25) is 0 Å². The van der Waals surface area contributed by atoms with Crippen LogP contribution < -0.4 is 5.32 Å². The molecule has 0 saturated heterocycles. The summed E-state index contributed by atoms with van der Waals surface area (Å²) in [6, 6.07) is 6.89. The first kappa shape index (κ1) is 12.2. The second-order valence-corrected chi connectivity index (χ2v) is 4.11. The Morgan fingerprint density at radius 1 is 1.33 bits per heavy atom. The van der Waals surface area contributed by atoms with Crippen LogP contribution in [0.3, 0.4) is 0 Å². The second kappa shape index (κ2) is 5.89. The standard InChI is InChI=1S/C13H21NO/c1-10-5-6-13(11(2)9-10)12(3)14-7-4-8-15/h5-6,9,12,14-15H,4,7-8H2,1-3H3. The molecular weight excluding hydrogens is 186 g/mol. The summed E-state index contributed by atoms with van der Waals surface area (Å²) in [5, 5.41) is 12.1. The highest BCUT2D eigenvalue weighted by Crippen LogP contribution is 2.18. The summed E-state index contributed by atoms with van der Waals surface area (Å²) in [5.74, 6) is 0. The minimum atomic E-state index is 0.257. The summed E-state index contributed by atoms with van der Waals surface area (Å²) in [6.45, 7) is 7.54. The summed E-state index contributed by atoms with van der Waals surface area (Å²) >= 11 is 0. The maximum atomic E-state index is 8.70. The minimum Gasteiger partial charge on any atom is -0.396 e. The minimum absolute atomic E-state index is 0.257. The van der Waals surface area contributed by atoms with Crippen molar-refractivity contribution in [1.29, 1.82) is 0 Å². The Kier molecular flexibility index (Phi) is 4.79. The quantitative estimate of drug-likeness (QED) is 0.726. The molecule has 0 heterocycles. The van der Waals surface area contributed by atoms with Gasteiger partial charge in [-0.25, -0.2) is 0 Å². The molecule has 1 rings (SSSR count). The van der Waals surface area contributed by atoms with Gasteiger partial charge in [-0.3, -0.25) is 0 Å². The molecule has 1 aromatic carbocycles. The number of aryl methyl sites for hydroxylation is 2. The normalized spacial score (nSPS) is 12.8. The zero-order valence-electron chi connectivity index (χ0n) is 9.88. The molecule has 0 fully saturated rings. The van der Waals surface area contributed by atoms with Crippen LogP contribution in [0.4, 0.5) is 0 Å². The van der Waals surface area contributed by atoms with Gasteiger partial charge in [0.2, 0.25) is 0 Å². The fourth-order valence-corrected chi connectivity index (χ4v) is 1.82. The van der Waals surface area contributed by atoms with Gasteiger partial charge in [-0.1, -0.05) is 23.8 Å². The van der Waals surface area contributed by atoms with Crippen molar-refractivity contribution >= 4 is 0 Å². The smallest absolute Gasteiger partial charge is 0.0443 e. The molecule has 0 saturated carbocycles. The van der Waals surface area contributed by atoms with Gasteiger partial charge in [0, 0.05) is 12.6 Å². The van der Waals surface area contributed by atoms with Gasteiger partial charge >= 0.3 is 0 Å². The number of benzene rings is 1. The average molecular weight is 207 g/mol. The van der Waals surface area contributed by atoms with Crippen LogP contribution in [0.1, 0.15) is 36.1 Å². The summed E-state index contributed by atoms with van der Waals surface area (Å²) in [6.07, 6.45) is 0.815. The van der Waals surface area contributed by atoms with Crippen LogP contribution in [-0.4, -0.2) is 18.3 Å². The third kappa shape index (κ3) is 3.65. The van der Waals surface area contributed by atoms with Crippen molar-refractivity contribution in [1.82, 2.24) is 5.32 Å². The van der Waals surface area contributed by atoms with Crippen LogP contribution >= 0.6 is 0 Å². The van der Waals surface area contributed by atoms with Gasteiger partial charge in [0.15, 0.2) is 0 Å². The molecule has 1 atom stereocenters. The maximum absolute atomic E-state index is 8.70. The number of rotatable bonds is 5. The number of aliphatic hydroxyl groups excluding tert-OH is 1. The summed E-state index contributed by atoms with van der Waals surface area (Å²) in [4.78, 5) is 0. The molecule has 84 valence electrons. The molecule has 2 heteroatoms. The molecule has 1 aromatic rings. The molecule has 0 bridgehead atoms. The lowest BCUT2D eigenvalue weighted by Crippen LogP contribution is -2.21. The number of nitrogens with one attached hydrogen (secondary N) is 1. The molecule has 0 amide bonds. The lowest BCUT2D eigenvalue weighted by molar-refractivity contribution is 0.284. The van der Waals surface area contributed by atoms with E-state index in [4.69, 9.17) is 5.11 Å². The Bertz CT molecular complexity index is 309. The van der Waals surface area contributed by atoms with Crippen LogP contribution in [0, 0.1) is 13.8 Å². The predicted octanol–water partition coefficient (Wildman–Crippen LogP) is 2.34. The van der Waals surface area contributed by atoms with Gasteiger partial charge in [-0.2, -0.15) is 0 Å². The molecule has 0 aromatic heterocycles. The zero-order valence-corrected chi connectivity index (χ0v) is 9.88. The highest BCUT2D eigenvalue weighted by molar-refractivity contribution is 5.32. The second-order valence-electron chi connectivity index (χ2n) is 4.11. The van der Waals surface area contributed by atoms with Crippen molar-refractivity contribution in [3.05, 3.63) is 34.9 Å². The molecule has 2 nitrogen and oxygen atoms in total. The summed E-state index contributed by atoms with van der Waals surface area (Å²) in [7, 11) is 0. The van der Waals surface area contributed by atoms with Crippen LogP contribution in [0.25, 0.3) is 0 Å². The van der Waals surface area contributed by atoms with E-state index in [-0.39, 0.29) is 6.61 Å². The van der Waals surface area contributed by atoms with E-state index in [9.17, 15) is 0 Å². The van der Waals surface area contributed by atoms with E-state index in [1.165, 1.54) is 16.7 Å². The van der Waals surface area contributed by atoms with E-state index in [0.29, 0.717) is 6.04 Å². The highest BCUT2D eigenvalue weighted by atomic mass is 16.3. The Hall–Kier alpha value is -0.860. The van der Waals surface area contributed by atoms with Gasteiger partial charge < -0.3 is 10.4 Å². The van der Waals surface area contributed by atoms with Crippen LogP contribution in [0.15, 0.2) is 18.2 Å². The van der Waals surface area contributed by atoms with Gasteiger partial charge in [0.1, 0.15) is 0 Å². The molecular formula is C13H21NO. The molecule has 15 heavy (non-hydrogen) atoms. The maximum Gasteiger partial charge on any atom is 0.0443 e. The van der Waals surface area contributed by atoms with E-state index in [1.54, 1.807) is 0 Å². The van der Waals surface area contributed by atoms with E-state index in [1.807, 2.05) is 0 Å². The van der Waals surface area contributed by atoms with Crippen molar-refractivity contribution in [3.8, 4) is 0 Å². The predicted molar refractivity (Wildman–Crippen MR) is 64.0 cm³/mol. The number of hydrogen-bond acceptors (Lipinski definition) is 2. The molecule has 0 radical (unpaired) electrons. The third-order valence-electron chi connectivity index (χ3n) is 2.68. The summed E-state index contributed by atoms with van der Waals surface area (Å²) < 4.78 is 0. The lowest BCUT2D eigenvalue weighted by Gasteiger charge is -2.16. The van der Waals surface area contributed by atoms with Gasteiger partial charge in [-0.15, -0.1) is 0 Å². The van der Waals surface area contributed by atoms with E-state index < -0.39 is 0 Å². The van der Waals surface area contributed by atoms with Gasteiger partial charge in [0.25, 0.3) is 0 Å². The number of aliphatic hydroxyl groups is 1. The first-order valence-electron chi connectivity index (χ1n) is 5.56. The van der Waals surface area contributed by atoms with E-state index >= 15 is 0 Å². The van der Waals surface area contributed by atoms with Gasteiger partial charge in [-0.05, 0) is 44.9 Å². The SMILES string of the molecule is Cc1ccc(C(C)NCCCO)c(C)c1. The van der Waals surface area contributed by atoms with E-state index in [2.05, 4.69) is 44.3 Å². The molecule has 2 N–H and O–H groups in total. The van der Waals surface area contributed by atoms with E-state index in [0.717, 1.165) is 13.0 Å². The Morgan fingerprint density at radius 3 is 2.67 bits per heavy atom. The average Bonchev–Trinajstić information content (AvgIpc) is 2.17. The Labute approximate surface area is 92.3 Å². The monoisotopic (exact) mass is 207 g/mol. The summed E-state index contributed by atoms with van der Waals surface area (Å²) in [5.41, 5.74) is 3.98. The van der Waals surface area contributed by atoms with Crippen molar-refractivity contribution < 1.29 is 5.11 Å². The fourth-order valence-electron chi connectivity index (χ4n) is 1.82. The van der Waals surface area contributed by atoms with Crippen LogP contribution in [-0.2, 0) is 0 Å². The topological polar surface area (TPSA) is 32.3 Å². The van der Waals surface area contributed by atoms with Crippen molar-refractivity contribution in [3.63, 3.8) is 0 Å². The molecule has 0 aliphatic rings. The van der Waals surface area contributed by atoms with Crippen LogP contribution in [0.5, 0.6) is 0 Å². The fraction of sp³-hybridized carbons (Fsp3) is 0.538. The van der Waals surface area contributed by atoms with Crippen molar-refractivity contribution in [2.45, 2.75) is 33.2 Å². The zero-order chi connectivity index (χ0) is 11.3. The molecule has 0 aliphatic carbocycles. The molecule has 0 spiro atoms. The molecule has 1 unspecified atom stereocenters. The Morgan fingerprint density at radius 2 is 2.07 bits per heavy atom. The largest absolute Gasteiger partial charge is 0.396 e. The first-order valence-corrected chi connectivity index (χ1v) is 5.56. The van der Waals surface area contributed by atoms with Crippen molar-refractivity contribution in [2.24, 2.45) is 0 Å². The Balaban J connectivity index is 2.61. The molecule has 0 aliphatic heterocycles. The van der Waals surface area contributed by atoms with Gasteiger partial charge in [0.05, 0.1) is 0 Å². The number of hydrogen-bond donors (Lipinski definition) is 2. The highest BCUT2D eigenvalue weighted by Gasteiger charge is 2.06. The third-order valence-corrected chi connectivity index (χ3v) is 2.68.